The smallest absolute Gasteiger partial charge is 0.432 e. The fourth-order valence-corrected chi connectivity index (χ4v) is 7.31. The van der Waals surface area contributed by atoms with E-state index in [1.54, 1.807) is 11.3 Å². The van der Waals surface area contributed by atoms with Gasteiger partial charge in [0.15, 0.2) is 0 Å². The molecule has 176 valence electrons. The van der Waals surface area contributed by atoms with Crippen LogP contribution in [-0.2, 0) is 0 Å². The van der Waals surface area contributed by atoms with Gasteiger partial charge in [0, 0.05) is 37.9 Å². The van der Waals surface area contributed by atoms with Crippen LogP contribution in [-0.4, -0.2) is 6.92 Å². The van der Waals surface area contributed by atoms with Crippen LogP contribution in [0.25, 0.3) is 42.8 Å². The highest BCUT2D eigenvalue weighted by atomic mass is 32.1. The van der Waals surface area contributed by atoms with Crippen molar-refractivity contribution in [2.75, 3.05) is 4.90 Å². The molecule has 0 saturated carbocycles. The van der Waals surface area contributed by atoms with Gasteiger partial charge < -0.3 is 9.55 Å². The topological polar surface area (TPSA) is 12.5 Å². The SMILES string of the molecule is c1ccc2c(c1)OB1c3c-2cc2sccc2c3N(c2ccc3ccccc3c2)c2ccc3ccccc3c21. The summed E-state index contributed by atoms with van der Waals surface area (Å²) in [5.74, 6) is 0.949. The first-order valence-corrected chi connectivity index (χ1v) is 13.8. The maximum absolute atomic E-state index is 6.93. The van der Waals surface area contributed by atoms with Crippen LogP contribution >= 0.6 is 11.3 Å². The van der Waals surface area contributed by atoms with Crippen molar-refractivity contribution in [3.8, 4) is 16.9 Å². The third kappa shape index (κ3) is 2.68. The molecule has 7 aromatic rings. The number of hydrogen-bond acceptors (Lipinski definition) is 3. The number of hydrogen-bond donors (Lipinski definition) is 0. The summed E-state index contributed by atoms with van der Waals surface area (Å²) in [4.78, 5) is 2.48. The average Bonchev–Trinajstić information content (AvgIpc) is 3.45. The van der Waals surface area contributed by atoms with E-state index in [0.717, 1.165) is 11.3 Å². The van der Waals surface area contributed by atoms with Crippen LogP contribution in [0.2, 0.25) is 0 Å². The zero-order valence-corrected chi connectivity index (χ0v) is 21.2. The highest BCUT2D eigenvalue weighted by molar-refractivity contribution is 7.17. The van der Waals surface area contributed by atoms with E-state index in [9.17, 15) is 0 Å². The Morgan fingerprint density at radius 1 is 0.605 bits per heavy atom. The van der Waals surface area contributed by atoms with E-state index in [1.807, 2.05) is 0 Å². The molecule has 0 radical (unpaired) electrons. The molecule has 9 rings (SSSR count). The molecule has 0 unspecified atom stereocenters. The Bertz CT molecular complexity index is 2090. The highest BCUT2D eigenvalue weighted by Gasteiger charge is 2.44. The first-order chi connectivity index (χ1) is 18.8. The first-order valence-electron chi connectivity index (χ1n) is 13.0. The molecule has 2 nitrogen and oxygen atoms in total. The summed E-state index contributed by atoms with van der Waals surface area (Å²) in [6, 6.07) is 41.8. The Kier molecular flexibility index (Phi) is 4.05. The number of thiophene rings is 1. The minimum Gasteiger partial charge on any atom is -0.551 e. The van der Waals surface area contributed by atoms with E-state index in [1.165, 1.54) is 65.2 Å². The number of para-hydroxylation sites is 1. The fraction of sp³-hybridized carbons (Fsp3) is 0. The normalized spacial score (nSPS) is 13.4. The lowest BCUT2D eigenvalue weighted by Gasteiger charge is -2.40. The van der Waals surface area contributed by atoms with Crippen molar-refractivity contribution in [3.63, 3.8) is 0 Å². The van der Waals surface area contributed by atoms with Crippen LogP contribution in [0, 0.1) is 0 Å². The minimum atomic E-state index is -0.183. The van der Waals surface area contributed by atoms with Gasteiger partial charge in [-0.2, -0.15) is 0 Å². The van der Waals surface area contributed by atoms with Crippen LogP contribution in [0.3, 0.4) is 0 Å². The molecular weight excluding hydrogens is 481 g/mol. The summed E-state index contributed by atoms with van der Waals surface area (Å²) >= 11 is 1.81. The quantitative estimate of drug-likeness (QED) is 0.211. The van der Waals surface area contributed by atoms with Gasteiger partial charge in [0.25, 0.3) is 0 Å². The lowest BCUT2D eigenvalue weighted by atomic mass is 9.48. The third-order valence-corrected chi connectivity index (χ3v) is 8.98. The molecule has 6 aromatic carbocycles. The number of anilines is 3. The van der Waals surface area contributed by atoms with Gasteiger partial charge in [-0.3, -0.25) is 0 Å². The van der Waals surface area contributed by atoms with Crippen molar-refractivity contribution in [3.05, 3.63) is 121 Å². The average molecular weight is 501 g/mol. The molecule has 0 aliphatic carbocycles. The molecule has 0 N–H and O–H groups in total. The van der Waals surface area contributed by atoms with Gasteiger partial charge in [-0.15, -0.1) is 11.3 Å². The van der Waals surface area contributed by atoms with Crippen molar-refractivity contribution in [1.29, 1.82) is 0 Å². The van der Waals surface area contributed by atoms with E-state index < -0.39 is 0 Å². The molecule has 0 fully saturated rings. The highest BCUT2D eigenvalue weighted by Crippen LogP contribution is 2.48. The number of benzene rings is 6. The Morgan fingerprint density at radius 3 is 2.34 bits per heavy atom. The largest absolute Gasteiger partial charge is 0.551 e. The van der Waals surface area contributed by atoms with Gasteiger partial charge in [-0.25, -0.2) is 0 Å². The van der Waals surface area contributed by atoms with Gasteiger partial charge in [-0.05, 0) is 68.9 Å². The van der Waals surface area contributed by atoms with Gasteiger partial charge in [0.2, 0.25) is 0 Å². The second-order valence-electron chi connectivity index (χ2n) is 10.1. The van der Waals surface area contributed by atoms with Crippen molar-refractivity contribution in [2.24, 2.45) is 0 Å². The van der Waals surface area contributed by atoms with E-state index in [4.69, 9.17) is 4.65 Å². The Morgan fingerprint density at radius 2 is 1.39 bits per heavy atom. The van der Waals surface area contributed by atoms with Crippen LogP contribution in [0.5, 0.6) is 5.75 Å². The Hall–Kier alpha value is -4.54. The van der Waals surface area contributed by atoms with Crippen LogP contribution in [0.4, 0.5) is 17.1 Å². The van der Waals surface area contributed by atoms with Crippen LogP contribution in [0.15, 0.2) is 121 Å². The predicted octanol–water partition coefficient (Wildman–Crippen LogP) is 8.16. The molecule has 0 bridgehead atoms. The zero-order valence-electron chi connectivity index (χ0n) is 20.4. The minimum absolute atomic E-state index is 0.183. The second kappa shape index (κ2) is 7.50. The summed E-state index contributed by atoms with van der Waals surface area (Å²) in [5.41, 5.74) is 8.50. The monoisotopic (exact) mass is 501 g/mol. The van der Waals surface area contributed by atoms with E-state index in [0.29, 0.717) is 0 Å². The maximum atomic E-state index is 6.93. The molecular formula is C34H20BNOS. The molecule has 0 spiro atoms. The van der Waals surface area contributed by atoms with Gasteiger partial charge >= 0.3 is 6.92 Å². The lowest BCUT2D eigenvalue weighted by Crippen LogP contribution is -2.56. The first kappa shape index (κ1) is 20.5. The summed E-state index contributed by atoms with van der Waals surface area (Å²) < 4.78 is 8.23. The summed E-state index contributed by atoms with van der Waals surface area (Å²) in [7, 11) is 0. The van der Waals surface area contributed by atoms with Crippen molar-refractivity contribution >= 4 is 77.9 Å². The fourth-order valence-electron chi connectivity index (χ4n) is 6.48. The molecule has 2 aliphatic rings. The zero-order chi connectivity index (χ0) is 24.8. The second-order valence-corrected chi connectivity index (χ2v) is 11.0. The summed E-state index contributed by atoms with van der Waals surface area (Å²) in [6.07, 6.45) is 0. The maximum Gasteiger partial charge on any atom is 0.432 e. The third-order valence-electron chi connectivity index (χ3n) is 8.12. The molecule has 1 aromatic heterocycles. The van der Waals surface area contributed by atoms with Crippen LogP contribution < -0.4 is 20.5 Å². The Labute approximate surface area is 224 Å². The van der Waals surface area contributed by atoms with E-state index in [-0.39, 0.29) is 6.92 Å². The number of nitrogens with zero attached hydrogens (tertiary/aromatic N) is 1. The number of rotatable bonds is 1. The molecule has 0 saturated heterocycles. The molecule has 0 atom stereocenters. The van der Waals surface area contributed by atoms with Crippen molar-refractivity contribution < 1.29 is 4.65 Å². The van der Waals surface area contributed by atoms with Gasteiger partial charge in [-0.1, -0.05) is 78.9 Å². The molecule has 2 aliphatic heterocycles. The van der Waals surface area contributed by atoms with Crippen molar-refractivity contribution in [2.45, 2.75) is 0 Å². The molecule has 4 heteroatoms. The standard InChI is InChI=1S/C34H20BNOS/c1-2-9-23-19-24(15-13-21(23)7-1)36-29-16-14-22-8-3-4-10-25(22)32(29)35-33-28(26-11-5-6-12-30(26)37-35)20-31-27(34(33)36)17-18-38-31/h1-20H. The lowest BCUT2D eigenvalue weighted by molar-refractivity contribution is 0.590. The van der Waals surface area contributed by atoms with E-state index in [2.05, 4.69) is 126 Å². The van der Waals surface area contributed by atoms with Crippen LogP contribution in [0.1, 0.15) is 0 Å². The van der Waals surface area contributed by atoms with E-state index >= 15 is 0 Å². The van der Waals surface area contributed by atoms with Gasteiger partial charge in [0.1, 0.15) is 5.75 Å². The molecule has 0 amide bonds. The summed E-state index contributed by atoms with van der Waals surface area (Å²) in [5, 5.41) is 8.44. The molecule has 38 heavy (non-hydrogen) atoms. The van der Waals surface area contributed by atoms with Crippen molar-refractivity contribution in [1.82, 2.24) is 0 Å². The predicted molar refractivity (Wildman–Crippen MR) is 163 cm³/mol. The Balaban J connectivity index is 1.46. The molecule has 3 heterocycles. The summed E-state index contributed by atoms with van der Waals surface area (Å²) in [6.45, 7) is -0.183. The van der Waals surface area contributed by atoms with Gasteiger partial charge in [0.05, 0.1) is 5.69 Å². The number of fused-ring (bicyclic) bond motifs is 9.